The molecule has 92 valence electrons. The molecule has 1 saturated carbocycles. The van der Waals surface area contributed by atoms with Crippen LogP contribution in [0, 0.1) is 5.92 Å². The average Bonchev–Trinajstić information content (AvgIpc) is 2.68. The molecule has 0 aromatic heterocycles. The molecule has 2 unspecified atom stereocenters. The van der Waals surface area contributed by atoms with Crippen molar-refractivity contribution in [1.82, 2.24) is 10.6 Å². The van der Waals surface area contributed by atoms with Crippen molar-refractivity contribution in [2.45, 2.75) is 57.2 Å². The van der Waals surface area contributed by atoms with Crippen molar-refractivity contribution in [1.29, 1.82) is 0 Å². The molecule has 0 spiro atoms. The highest BCUT2D eigenvalue weighted by Crippen LogP contribution is 2.20. The molecule has 2 atom stereocenters. The van der Waals surface area contributed by atoms with Crippen molar-refractivity contribution in [3.63, 3.8) is 0 Å². The molecule has 1 saturated heterocycles. The van der Waals surface area contributed by atoms with Crippen LogP contribution in [0.15, 0.2) is 0 Å². The number of rotatable bonds is 2. The first kappa shape index (κ1) is 11.9. The number of aliphatic hydroxyl groups excluding tert-OH is 1. The Bertz CT molecular complexity index is 249. The molecule has 4 nitrogen and oxygen atoms in total. The standard InChI is InChI=1S/C12H22N2O2/c1-8-6-7-13-11(8)12(16)14-9-2-4-10(15)5-3-9/h8-11,13,15H,2-7H2,1H3,(H,14,16). The molecule has 1 heterocycles. The molecule has 2 aliphatic rings. The van der Waals surface area contributed by atoms with E-state index in [1.54, 1.807) is 0 Å². The molecular formula is C12H22N2O2. The number of nitrogens with one attached hydrogen (secondary N) is 2. The van der Waals surface area contributed by atoms with Gasteiger partial charge >= 0.3 is 0 Å². The molecule has 0 aromatic carbocycles. The molecule has 0 bridgehead atoms. The van der Waals surface area contributed by atoms with Crippen molar-refractivity contribution in [3.8, 4) is 0 Å². The Morgan fingerprint density at radius 2 is 1.94 bits per heavy atom. The van der Waals surface area contributed by atoms with E-state index >= 15 is 0 Å². The van der Waals surface area contributed by atoms with Crippen LogP contribution in [0.5, 0.6) is 0 Å². The summed E-state index contributed by atoms with van der Waals surface area (Å²) in [5.74, 6) is 0.584. The summed E-state index contributed by atoms with van der Waals surface area (Å²) in [5, 5.41) is 15.7. The molecule has 3 N–H and O–H groups in total. The van der Waals surface area contributed by atoms with Gasteiger partial charge < -0.3 is 15.7 Å². The number of carbonyl (C=O) groups is 1. The lowest BCUT2D eigenvalue weighted by molar-refractivity contribution is -0.124. The largest absolute Gasteiger partial charge is 0.393 e. The van der Waals surface area contributed by atoms with Gasteiger partial charge in [-0.3, -0.25) is 4.79 Å². The van der Waals surface area contributed by atoms with Crippen LogP contribution in [0.4, 0.5) is 0 Å². The zero-order valence-corrected chi connectivity index (χ0v) is 9.91. The predicted molar refractivity (Wildman–Crippen MR) is 62.0 cm³/mol. The minimum absolute atomic E-state index is 0.00755. The minimum atomic E-state index is -0.156. The second kappa shape index (κ2) is 5.15. The second-order valence-electron chi connectivity index (χ2n) is 5.21. The monoisotopic (exact) mass is 226 g/mol. The molecular weight excluding hydrogens is 204 g/mol. The Kier molecular flexibility index (Phi) is 3.82. The summed E-state index contributed by atoms with van der Waals surface area (Å²) in [7, 11) is 0. The maximum absolute atomic E-state index is 12.0. The van der Waals surface area contributed by atoms with Crippen LogP contribution in [-0.2, 0) is 4.79 Å². The fraction of sp³-hybridized carbons (Fsp3) is 0.917. The summed E-state index contributed by atoms with van der Waals surface area (Å²) in [6.45, 7) is 3.07. The SMILES string of the molecule is CC1CCNC1C(=O)NC1CCC(O)CC1. The van der Waals surface area contributed by atoms with Crippen LogP contribution in [0.2, 0.25) is 0 Å². The fourth-order valence-electron chi connectivity index (χ4n) is 2.70. The van der Waals surface area contributed by atoms with E-state index in [0.717, 1.165) is 38.6 Å². The molecule has 1 aliphatic carbocycles. The van der Waals surface area contributed by atoms with Crippen molar-refractivity contribution >= 4 is 5.91 Å². The van der Waals surface area contributed by atoms with Gasteiger partial charge in [0, 0.05) is 6.04 Å². The van der Waals surface area contributed by atoms with Gasteiger partial charge in [0.15, 0.2) is 0 Å². The molecule has 1 aliphatic heterocycles. The van der Waals surface area contributed by atoms with Gasteiger partial charge in [-0.2, -0.15) is 0 Å². The lowest BCUT2D eigenvalue weighted by Gasteiger charge is -2.28. The number of hydrogen-bond acceptors (Lipinski definition) is 3. The van der Waals surface area contributed by atoms with E-state index in [4.69, 9.17) is 0 Å². The van der Waals surface area contributed by atoms with E-state index < -0.39 is 0 Å². The van der Waals surface area contributed by atoms with Crippen molar-refractivity contribution in [2.75, 3.05) is 6.54 Å². The highest BCUT2D eigenvalue weighted by atomic mass is 16.3. The number of amides is 1. The summed E-state index contributed by atoms with van der Waals surface area (Å²) < 4.78 is 0. The summed E-state index contributed by atoms with van der Waals surface area (Å²) >= 11 is 0. The number of hydrogen-bond donors (Lipinski definition) is 3. The Morgan fingerprint density at radius 1 is 1.25 bits per heavy atom. The Hall–Kier alpha value is -0.610. The third-order valence-electron chi connectivity index (χ3n) is 3.86. The smallest absolute Gasteiger partial charge is 0.237 e. The van der Waals surface area contributed by atoms with Gasteiger partial charge in [-0.15, -0.1) is 0 Å². The maximum atomic E-state index is 12.0. The predicted octanol–water partition coefficient (Wildman–Crippen LogP) is 0.404. The van der Waals surface area contributed by atoms with E-state index in [2.05, 4.69) is 17.6 Å². The first-order valence-electron chi connectivity index (χ1n) is 6.38. The normalized spacial score (nSPS) is 39.6. The fourth-order valence-corrected chi connectivity index (χ4v) is 2.70. The highest BCUT2D eigenvalue weighted by Gasteiger charge is 2.31. The Morgan fingerprint density at radius 3 is 2.50 bits per heavy atom. The van der Waals surface area contributed by atoms with Crippen molar-refractivity contribution < 1.29 is 9.90 Å². The van der Waals surface area contributed by atoms with E-state index in [1.165, 1.54) is 0 Å². The number of carbonyl (C=O) groups excluding carboxylic acids is 1. The third kappa shape index (κ3) is 2.74. The first-order valence-corrected chi connectivity index (χ1v) is 6.38. The summed E-state index contributed by atoms with van der Waals surface area (Å²) in [5.41, 5.74) is 0. The zero-order chi connectivity index (χ0) is 11.5. The summed E-state index contributed by atoms with van der Waals surface area (Å²) in [6.07, 6.45) is 4.39. The van der Waals surface area contributed by atoms with Crippen LogP contribution in [0.1, 0.15) is 39.0 Å². The molecule has 0 radical (unpaired) electrons. The molecule has 16 heavy (non-hydrogen) atoms. The Balaban J connectivity index is 1.78. The van der Waals surface area contributed by atoms with Gasteiger partial charge in [0.1, 0.15) is 0 Å². The lowest BCUT2D eigenvalue weighted by Crippen LogP contribution is -2.48. The number of aliphatic hydroxyl groups is 1. The average molecular weight is 226 g/mol. The zero-order valence-electron chi connectivity index (χ0n) is 9.91. The van der Waals surface area contributed by atoms with Gasteiger partial charge in [0.05, 0.1) is 12.1 Å². The van der Waals surface area contributed by atoms with Gasteiger partial charge in [-0.1, -0.05) is 6.92 Å². The van der Waals surface area contributed by atoms with E-state index in [0.29, 0.717) is 5.92 Å². The van der Waals surface area contributed by atoms with Gasteiger partial charge in [0.2, 0.25) is 5.91 Å². The quantitative estimate of drug-likeness (QED) is 0.639. The Labute approximate surface area is 96.8 Å². The van der Waals surface area contributed by atoms with Crippen LogP contribution >= 0.6 is 0 Å². The highest BCUT2D eigenvalue weighted by molar-refractivity contribution is 5.82. The van der Waals surface area contributed by atoms with E-state index in [1.807, 2.05) is 0 Å². The van der Waals surface area contributed by atoms with Crippen LogP contribution in [0.25, 0.3) is 0 Å². The molecule has 4 heteroatoms. The lowest BCUT2D eigenvalue weighted by atomic mass is 9.92. The first-order chi connectivity index (χ1) is 7.66. The van der Waals surface area contributed by atoms with Crippen molar-refractivity contribution in [3.05, 3.63) is 0 Å². The molecule has 0 aromatic rings. The van der Waals surface area contributed by atoms with Gasteiger partial charge in [-0.25, -0.2) is 0 Å². The topological polar surface area (TPSA) is 61.4 Å². The van der Waals surface area contributed by atoms with Gasteiger partial charge in [-0.05, 0) is 44.6 Å². The summed E-state index contributed by atoms with van der Waals surface area (Å²) in [6, 6.07) is 0.261. The van der Waals surface area contributed by atoms with Crippen LogP contribution < -0.4 is 10.6 Å². The van der Waals surface area contributed by atoms with Gasteiger partial charge in [0.25, 0.3) is 0 Å². The van der Waals surface area contributed by atoms with Crippen LogP contribution in [0.3, 0.4) is 0 Å². The maximum Gasteiger partial charge on any atom is 0.237 e. The van der Waals surface area contributed by atoms with E-state index in [9.17, 15) is 9.90 Å². The second-order valence-corrected chi connectivity index (χ2v) is 5.21. The molecule has 2 fully saturated rings. The summed E-state index contributed by atoms with van der Waals surface area (Å²) in [4.78, 5) is 12.0. The van der Waals surface area contributed by atoms with Crippen molar-refractivity contribution in [2.24, 2.45) is 5.92 Å². The molecule has 1 amide bonds. The van der Waals surface area contributed by atoms with Crippen LogP contribution in [-0.4, -0.2) is 35.7 Å². The molecule has 2 rings (SSSR count). The minimum Gasteiger partial charge on any atom is -0.393 e. The van der Waals surface area contributed by atoms with E-state index in [-0.39, 0.29) is 24.1 Å². The third-order valence-corrected chi connectivity index (χ3v) is 3.86.